The molecule has 9 heteroatoms. The summed E-state index contributed by atoms with van der Waals surface area (Å²) in [7, 11) is 0. The smallest absolute Gasteiger partial charge is 0.409 e. The number of nitrogens with zero attached hydrogens (tertiary/aromatic N) is 5. The minimum absolute atomic E-state index is 0.195. The van der Waals surface area contributed by atoms with Gasteiger partial charge in [-0.05, 0) is 38.0 Å². The van der Waals surface area contributed by atoms with Crippen molar-refractivity contribution in [1.29, 1.82) is 0 Å². The summed E-state index contributed by atoms with van der Waals surface area (Å²) in [6.07, 6.45) is 6.25. The van der Waals surface area contributed by atoms with Gasteiger partial charge in [0.25, 0.3) is 0 Å². The van der Waals surface area contributed by atoms with Gasteiger partial charge in [-0.25, -0.2) is 19.2 Å². The third-order valence-electron chi connectivity index (χ3n) is 5.06. The Hall–Kier alpha value is -3.23. The number of aryl methyl sites for hydroxylation is 1. The standard InChI is InChI=1S/C20H22FN5O3/c1-14-17(3-2-8-22-14)29-19-16-6-11-26(18(16)23-13-24-19)15-4-9-25(10-5-15)20(27)28-12-7-21/h2-3,6,8,11,13,15H,4-5,7,9-10,12H2,1H3. The second-order valence-electron chi connectivity index (χ2n) is 6.85. The van der Waals surface area contributed by atoms with Crippen molar-refractivity contribution in [2.75, 3.05) is 26.4 Å². The first-order valence-corrected chi connectivity index (χ1v) is 9.56. The zero-order valence-corrected chi connectivity index (χ0v) is 16.1. The van der Waals surface area contributed by atoms with Crippen LogP contribution in [0.15, 0.2) is 36.9 Å². The van der Waals surface area contributed by atoms with Gasteiger partial charge in [0.15, 0.2) is 5.75 Å². The molecule has 0 spiro atoms. The maximum Gasteiger partial charge on any atom is 0.409 e. The Morgan fingerprint density at radius 3 is 2.83 bits per heavy atom. The van der Waals surface area contributed by atoms with Gasteiger partial charge in [0.05, 0.1) is 11.1 Å². The maximum absolute atomic E-state index is 12.2. The van der Waals surface area contributed by atoms with E-state index in [-0.39, 0.29) is 12.6 Å². The number of piperidine rings is 1. The van der Waals surface area contributed by atoms with E-state index in [1.807, 2.05) is 31.3 Å². The first-order chi connectivity index (χ1) is 14.2. The van der Waals surface area contributed by atoms with Gasteiger partial charge < -0.3 is 18.9 Å². The summed E-state index contributed by atoms with van der Waals surface area (Å²) in [5.74, 6) is 1.14. The van der Waals surface area contributed by atoms with Gasteiger partial charge in [-0.3, -0.25) is 4.98 Å². The topological polar surface area (TPSA) is 82.4 Å². The van der Waals surface area contributed by atoms with Crippen LogP contribution in [0.2, 0.25) is 0 Å². The van der Waals surface area contributed by atoms with E-state index in [1.54, 1.807) is 11.1 Å². The Labute approximate surface area is 167 Å². The number of hydrogen-bond acceptors (Lipinski definition) is 6. The average Bonchev–Trinajstić information content (AvgIpc) is 3.19. The Morgan fingerprint density at radius 1 is 1.24 bits per heavy atom. The number of aromatic nitrogens is 4. The molecule has 0 saturated carbocycles. The lowest BCUT2D eigenvalue weighted by atomic mass is 10.1. The van der Waals surface area contributed by atoms with Crippen LogP contribution in [0.5, 0.6) is 11.6 Å². The predicted molar refractivity (Wildman–Crippen MR) is 104 cm³/mol. The Kier molecular flexibility index (Phi) is 5.55. The fraction of sp³-hybridized carbons (Fsp3) is 0.400. The van der Waals surface area contributed by atoms with Crippen molar-refractivity contribution in [2.45, 2.75) is 25.8 Å². The lowest BCUT2D eigenvalue weighted by molar-refractivity contribution is 0.0839. The van der Waals surface area contributed by atoms with E-state index in [0.29, 0.717) is 24.7 Å². The number of hydrogen-bond donors (Lipinski definition) is 0. The summed E-state index contributed by atoms with van der Waals surface area (Å²) in [6, 6.07) is 5.81. The number of halogens is 1. The molecule has 1 aliphatic rings. The quantitative estimate of drug-likeness (QED) is 0.651. The van der Waals surface area contributed by atoms with E-state index in [1.165, 1.54) is 6.33 Å². The number of carbonyl (C=O) groups is 1. The number of carbonyl (C=O) groups excluding carboxylic acids is 1. The SMILES string of the molecule is Cc1ncccc1Oc1ncnc2c1ccn2C1CCN(C(=O)OCCF)CC1. The molecule has 1 aliphatic heterocycles. The predicted octanol–water partition coefficient (Wildman–Crippen LogP) is 3.67. The Morgan fingerprint density at radius 2 is 2.07 bits per heavy atom. The molecule has 3 aromatic heterocycles. The van der Waals surface area contributed by atoms with E-state index in [9.17, 15) is 9.18 Å². The van der Waals surface area contributed by atoms with Crippen molar-refractivity contribution in [3.63, 3.8) is 0 Å². The van der Waals surface area contributed by atoms with Crippen LogP contribution in [0.4, 0.5) is 9.18 Å². The fourth-order valence-corrected chi connectivity index (χ4v) is 3.55. The molecule has 1 saturated heterocycles. The van der Waals surface area contributed by atoms with Gasteiger partial charge in [-0.15, -0.1) is 0 Å². The molecule has 152 valence electrons. The van der Waals surface area contributed by atoms with Gasteiger partial charge in [0.2, 0.25) is 5.88 Å². The maximum atomic E-state index is 12.2. The largest absolute Gasteiger partial charge is 0.447 e. The Balaban J connectivity index is 1.50. The normalized spacial score (nSPS) is 14.9. The van der Waals surface area contributed by atoms with E-state index in [2.05, 4.69) is 19.5 Å². The van der Waals surface area contributed by atoms with Crippen LogP contribution in [0.3, 0.4) is 0 Å². The van der Waals surface area contributed by atoms with Crippen LogP contribution in [0.25, 0.3) is 11.0 Å². The van der Waals surface area contributed by atoms with Crippen LogP contribution in [-0.2, 0) is 4.74 Å². The number of likely N-dealkylation sites (tertiary alicyclic amines) is 1. The summed E-state index contributed by atoms with van der Waals surface area (Å²) in [6.45, 7) is 2.13. The third-order valence-corrected chi connectivity index (χ3v) is 5.06. The minimum Gasteiger partial charge on any atom is -0.447 e. The number of rotatable bonds is 5. The highest BCUT2D eigenvalue weighted by atomic mass is 19.1. The molecular weight excluding hydrogens is 377 g/mol. The number of amides is 1. The van der Waals surface area contributed by atoms with Gasteiger partial charge in [0.1, 0.15) is 25.3 Å². The van der Waals surface area contributed by atoms with Crippen molar-refractivity contribution in [3.8, 4) is 11.6 Å². The van der Waals surface area contributed by atoms with Gasteiger partial charge >= 0.3 is 6.09 Å². The van der Waals surface area contributed by atoms with Crippen LogP contribution < -0.4 is 4.74 Å². The minimum atomic E-state index is -0.666. The van der Waals surface area contributed by atoms with Crippen molar-refractivity contribution in [3.05, 3.63) is 42.6 Å². The molecular formula is C20H22FN5O3. The third kappa shape index (κ3) is 3.98. The number of alkyl halides is 1. The van der Waals surface area contributed by atoms with Crippen molar-refractivity contribution >= 4 is 17.1 Å². The van der Waals surface area contributed by atoms with E-state index >= 15 is 0 Å². The van der Waals surface area contributed by atoms with Gasteiger partial charge in [0, 0.05) is 31.5 Å². The molecule has 0 bridgehead atoms. The molecule has 0 aromatic carbocycles. The van der Waals surface area contributed by atoms with E-state index in [0.717, 1.165) is 29.6 Å². The van der Waals surface area contributed by atoms with Crippen LogP contribution in [-0.4, -0.2) is 56.9 Å². The molecule has 0 aliphatic carbocycles. The van der Waals surface area contributed by atoms with Gasteiger partial charge in [-0.2, -0.15) is 0 Å². The molecule has 0 atom stereocenters. The van der Waals surface area contributed by atoms with Crippen LogP contribution in [0.1, 0.15) is 24.6 Å². The molecule has 0 unspecified atom stereocenters. The average molecular weight is 399 g/mol. The highest BCUT2D eigenvalue weighted by Gasteiger charge is 2.26. The number of ether oxygens (including phenoxy) is 2. The summed E-state index contributed by atoms with van der Waals surface area (Å²) >= 11 is 0. The van der Waals surface area contributed by atoms with E-state index < -0.39 is 12.8 Å². The first kappa shape index (κ1) is 19.1. The fourth-order valence-electron chi connectivity index (χ4n) is 3.55. The second kappa shape index (κ2) is 8.42. The van der Waals surface area contributed by atoms with Crippen LogP contribution >= 0.6 is 0 Å². The highest BCUT2D eigenvalue weighted by molar-refractivity contribution is 5.81. The second-order valence-corrected chi connectivity index (χ2v) is 6.85. The number of pyridine rings is 1. The molecule has 0 N–H and O–H groups in total. The molecule has 8 nitrogen and oxygen atoms in total. The summed E-state index contributed by atoms with van der Waals surface area (Å²) in [5, 5.41) is 0.820. The molecule has 1 amide bonds. The number of fused-ring (bicyclic) bond motifs is 1. The molecule has 1 fully saturated rings. The molecule has 4 heterocycles. The van der Waals surface area contributed by atoms with Gasteiger partial charge in [-0.1, -0.05) is 0 Å². The molecule has 3 aromatic rings. The monoisotopic (exact) mass is 399 g/mol. The Bertz CT molecular complexity index is 1000. The zero-order valence-electron chi connectivity index (χ0n) is 16.1. The summed E-state index contributed by atoms with van der Waals surface area (Å²) in [5.41, 5.74) is 1.57. The zero-order chi connectivity index (χ0) is 20.2. The molecule has 0 radical (unpaired) electrons. The molecule has 4 rings (SSSR count). The van der Waals surface area contributed by atoms with Crippen molar-refractivity contribution in [2.24, 2.45) is 0 Å². The van der Waals surface area contributed by atoms with Crippen molar-refractivity contribution in [1.82, 2.24) is 24.4 Å². The molecule has 29 heavy (non-hydrogen) atoms. The highest BCUT2D eigenvalue weighted by Crippen LogP contribution is 2.32. The first-order valence-electron chi connectivity index (χ1n) is 9.56. The summed E-state index contributed by atoms with van der Waals surface area (Å²) in [4.78, 5) is 26.5. The van der Waals surface area contributed by atoms with Crippen LogP contribution in [0, 0.1) is 6.92 Å². The lowest BCUT2D eigenvalue weighted by Gasteiger charge is -2.32. The summed E-state index contributed by atoms with van der Waals surface area (Å²) < 4.78 is 25.1. The lowest BCUT2D eigenvalue weighted by Crippen LogP contribution is -2.39. The van der Waals surface area contributed by atoms with E-state index in [4.69, 9.17) is 9.47 Å². The van der Waals surface area contributed by atoms with Crippen molar-refractivity contribution < 1.29 is 18.7 Å².